The predicted octanol–water partition coefficient (Wildman–Crippen LogP) is 2.98. The van der Waals surface area contributed by atoms with E-state index in [4.69, 9.17) is 0 Å². The molecular weight excluding hydrogens is 228 g/mol. The average Bonchev–Trinajstić information content (AvgIpc) is 2.33. The summed E-state index contributed by atoms with van der Waals surface area (Å²) in [5.74, 6) is 2.59. The van der Waals surface area contributed by atoms with Crippen LogP contribution in [-0.4, -0.2) is 48.1 Å². The first-order valence-corrected chi connectivity index (χ1v) is 8.44. The maximum atomic E-state index is 3.60. The summed E-state index contributed by atoms with van der Waals surface area (Å²) < 4.78 is 0. The van der Waals surface area contributed by atoms with E-state index in [0.29, 0.717) is 6.04 Å². The number of hydrogen-bond donors (Lipinski definition) is 1. The van der Waals surface area contributed by atoms with Crippen LogP contribution in [0.25, 0.3) is 0 Å². The molecule has 0 aromatic carbocycles. The third kappa shape index (κ3) is 6.68. The summed E-state index contributed by atoms with van der Waals surface area (Å²) in [4.78, 5) is 2.72. The molecule has 102 valence electrons. The molecule has 1 aliphatic heterocycles. The van der Waals surface area contributed by atoms with Crippen LogP contribution < -0.4 is 5.32 Å². The van der Waals surface area contributed by atoms with Crippen molar-refractivity contribution in [3.63, 3.8) is 0 Å². The Morgan fingerprint density at radius 3 is 2.88 bits per heavy atom. The van der Waals surface area contributed by atoms with Crippen molar-refractivity contribution >= 4 is 11.8 Å². The van der Waals surface area contributed by atoms with Crippen LogP contribution >= 0.6 is 11.8 Å². The summed E-state index contributed by atoms with van der Waals surface area (Å²) in [5, 5.41) is 3.60. The van der Waals surface area contributed by atoms with Gasteiger partial charge in [0, 0.05) is 18.6 Å². The highest BCUT2D eigenvalue weighted by Crippen LogP contribution is 2.17. The molecule has 1 N–H and O–H groups in total. The van der Waals surface area contributed by atoms with Gasteiger partial charge in [-0.2, -0.15) is 11.8 Å². The van der Waals surface area contributed by atoms with Crippen molar-refractivity contribution in [1.82, 2.24) is 10.2 Å². The van der Waals surface area contributed by atoms with E-state index < -0.39 is 0 Å². The molecule has 0 amide bonds. The molecule has 0 aromatic heterocycles. The second-order valence-corrected chi connectivity index (χ2v) is 6.69. The molecule has 0 saturated carbocycles. The first-order valence-electron chi connectivity index (χ1n) is 7.29. The van der Waals surface area contributed by atoms with Crippen molar-refractivity contribution in [3.05, 3.63) is 0 Å². The highest BCUT2D eigenvalue weighted by molar-refractivity contribution is 7.99. The van der Waals surface area contributed by atoms with Gasteiger partial charge < -0.3 is 5.32 Å². The van der Waals surface area contributed by atoms with Gasteiger partial charge in [-0.3, -0.25) is 4.90 Å². The first kappa shape index (κ1) is 15.3. The maximum Gasteiger partial charge on any atom is 0.0220 e. The fourth-order valence-electron chi connectivity index (χ4n) is 2.47. The molecule has 1 rings (SSSR count). The van der Waals surface area contributed by atoms with E-state index in [1.54, 1.807) is 0 Å². The van der Waals surface area contributed by atoms with Gasteiger partial charge in [0.2, 0.25) is 0 Å². The molecule has 0 radical (unpaired) electrons. The molecule has 17 heavy (non-hydrogen) atoms. The van der Waals surface area contributed by atoms with Gasteiger partial charge in [0.25, 0.3) is 0 Å². The molecule has 3 heteroatoms. The van der Waals surface area contributed by atoms with E-state index in [9.17, 15) is 0 Å². The molecule has 1 atom stereocenters. The van der Waals surface area contributed by atoms with Crippen LogP contribution in [0, 0.1) is 0 Å². The van der Waals surface area contributed by atoms with E-state index in [0.717, 1.165) is 6.04 Å². The highest BCUT2D eigenvalue weighted by atomic mass is 32.2. The second-order valence-electron chi connectivity index (χ2n) is 5.30. The Kier molecular flexibility index (Phi) is 8.33. The SMILES string of the molecule is CCSCCCN1CCCCC1CNC(C)C. The van der Waals surface area contributed by atoms with Crippen LogP contribution in [0.2, 0.25) is 0 Å². The number of thioether (sulfide) groups is 1. The summed E-state index contributed by atoms with van der Waals surface area (Å²) in [6, 6.07) is 1.41. The van der Waals surface area contributed by atoms with Gasteiger partial charge in [-0.05, 0) is 43.9 Å². The molecular formula is C14H30N2S. The third-order valence-electron chi connectivity index (χ3n) is 3.45. The molecule has 1 fully saturated rings. The lowest BCUT2D eigenvalue weighted by Crippen LogP contribution is -2.47. The minimum absolute atomic E-state index is 0.620. The van der Waals surface area contributed by atoms with Crippen molar-refractivity contribution < 1.29 is 0 Å². The number of piperidine rings is 1. The predicted molar refractivity (Wildman–Crippen MR) is 80.0 cm³/mol. The number of likely N-dealkylation sites (tertiary alicyclic amines) is 1. The summed E-state index contributed by atoms with van der Waals surface area (Å²) >= 11 is 2.07. The molecule has 1 aliphatic rings. The Morgan fingerprint density at radius 1 is 1.35 bits per heavy atom. The van der Waals surface area contributed by atoms with Crippen LogP contribution in [0.4, 0.5) is 0 Å². The smallest absolute Gasteiger partial charge is 0.0220 e. The summed E-state index contributed by atoms with van der Waals surface area (Å²) in [5.41, 5.74) is 0. The van der Waals surface area contributed by atoms with Gasteiger partial charge in [-0.25, -0.2) is 0 Å². The molecule has 2 nitrogen and oxygen atoms in total. The molecule has 0 aliphatic carbocycles. The third-order valence-corrected chi connectivity index (χ3v) is 4.43. The lowest BCUT2D eigenvalue weighted by Gasteiger charge is -2.36. The lowest BCUT2D eigenvalue weighted by atomic mass is 10.0. The van der Waals surface area contributed by atoms with Crippen molar-refractivity contribution in [2.75, 3.05) is 31.1 Å². The molecule has 1 unspecified atom stereocenters. The molecule has 0 bridgehead atoms. The highest BCUT2D eigenvalue weighted by Gasteiger charge is 2.21. The molecule has 0 aromatic rings. The fraction of sp³-hybridized carbons (Fsp3) is 1.00. The zero-order valence-electron chi connectivity index (χ0n) is 11.9. The molecule has 1 heterocycles. The first-order chi connectivity index (χ1) is 8.24. The van der Waals surface area contributed by atoms with Crippen LogP contribution in [0.1, 0.15) is 46.5 Å². The zero-order valence-corrected chi connectivity index (χ0v) is 12.7. The monoisotopic (exact) mass is 258 g/mol. The van der Waals surface area contributed by atoms with E-state index in [1.165, 1.54) is 56.8 Å². The van der Waals surface area contributed by atoms with E-state index in [2.05, 4.69) is 42.7 Å². The van der Waals surface area contributed by atoms with Gasteiger partial charge in [0.15, 0.2) is 0 Å². The Hall–Kier alpha value is 0.270. The van der Waals surface area contributed by atoms with E-state index in [-0.39, 0.29) is 0 Å². The van der Waals surface area contributed by atoms with Crippen LogP contribution in [0.5, 0.6) is 0 Å². The summed E-state index contributed by atoms with van der Waals surface area (Å²) in [7, 11) is 0. The Morgan fingerprint density at radius 2 is 2.18 bits per heavy atom. The number of nitrogens with zero attached hydrogens (tertiary/aromatic N) is 1. The second kappa shape index (κ2) is 9.23. The minimum Gasteiger partial charge on any atom is -0.313 e. The summed E-state index contributed by atoms with van der Waals surface area (Å²) in [6.07, 6.45) is 5.57. The standard InChI is InChI=1S/C14H30N2S/c1-4-17-11-7-10-16-9-6-5-8-14(16)12-15-13(2)3/h13-15H,4-12H2,1-3H3. The van der Waals surface area contributed by atoms with E-state index in [1.807, 2.05) is 0 Å². The minimum atomic E-state index is 0.620. The van der Waals surface area contributed by atoms with Crippen molar-refractivity contribution in [2.24, 2.45) is 0 Å². The van der Waals surface area contributed by atoms with Crippen LogP contribution in [0.15, 0.2) is 0 Å². The lowest BCUT2D eigenvalue weighted by molar-refractivity contribution is 0.144. The van der Waals surface area contributed by atoms with Gasteiger partial charge in [-0.15, -0.1) is 0 Å². The Balaban J connectivity index is 2.22. The average molecular weight is 258 g/mol. The van der Waals surface area contributed by atoms with Gasteiger partial charge in [-0.1, -0.05) is 27.2 Å². The van der Waals surface area contributed by atoms with E-state index >= 15 is 0 Å². The Bertz CT molecular complexity index is 185. The van der Waals surface area contributed by atoms with Gasteiger partial charge in [0.05, 0.1) is 0 Å². The largest absolute Gasteiger partial charge is 0.313 e. The quantitative estimate of drug-likeness (QED) is 0.674. The van der Waals surface area contributed by atoms with Crippen LogP contribution in [0.3, 0.4) is 0 Å². The zero-order chi connectivity index (χ0) is 12.5. The number of hydrogen-bond acceptors (Lipinski definition) is 3. The topological polar surface area (TPSA) is 15.3 Å². The fourth-order valence-corrected chi connectivity index (χ4v) is 3.09. The van der Waals surface area contributed by atoms with Crippen molar-refractivity contribution in [1.29, 1.82) is 0 Å². The van der Waals surface area contributed by atoms with Crippen molar-refractivity contribution in [2.45, 2.75) is 58.5 Å². The molecule has 0 spiro atoms. The van der Waals surface area contributed by atoms with Crippen LogP contribution in [-0.2, 0) is 0 Å². The Labute approximate surface area is 112 Å². The van der Waals surface area contributed by atoms with Gasteiger partial charge >= 0.3 is 0 Å². The molecule has 1 saturated heterocycles. The normalized spacial score (nSPS) is 22.2. The van der Waals surface area contributed by atoms with Gasteiger partial charge in [0.1, 0.15) is 0 Å². The van der Waals surface area contributed by atoms with Crippen molar-refractivity contribution in [3.8, 4) is 0 Å². The number of nitrogens with one attached hydrogen (secondary N) is 1. The number of rotatable bonds is 8. The maximum absolute atomic E-state index is 3.60. The summed E-state index contributed by atoms with van der Waals surface area (Å²) in [6.45, 7) is 10.5.